The molecule has 0 spiro atoms. The van der Waals surface area contributed by atoms with Crippen molar-refractivity contribution in [1.29, 1.82) is 0 Å². The van der Waals surface area contributed by atoms with Crippen LogP contribution in [0.3, 0.4) is 0 Å². The maximum atomic E-state index is 11.9. The zero-order valence-corrected chi connectivity index (χ0v) is 11.7. The minimum atomic E-state index is -1.13. The Kier molecular flexibility index (Phi) is 6.19. The number of nitrogens with one attached hydrogen (secondary N) is 2. The molecule has 0 fully saturated rings. The van der Waals surface area contributed by atoms with E-state index in [2.05, 4.69) is 17.2 Å². The van der Waals surface area contributed by atoms with E-state index in [1.54, 1.807) is 12.1 Å². The van der Waals surface area contributed by atoms with E-state index < -0.39 is 29.9 Å². The minimum Gasteiger partial charge on any atom is -0.480 e. The van der Waals surface area contributed by atoms with Crippen molar-refractivity contribution in [2.24, 2.45) is 0 Å². The van der Waals surface area contributed by atoms with Crippen molar-refractivity contribution >= 4 is 17.8 Å². The van der Waals surface area contributed by atoms with Gasteiger partial charge in [-0.2, -0.15) is 0 Å². The van der Waals surface area contributed by atoms with Crippen LogP contribution in [-0.2, 0) is 9.59 Å². The highest BCUT2D eigenvalue weighted by molar-refractivity contribution is 5.96. The molecule has 0 aliphatic rings. The van der Waals surface area contributed by atoms with Crippen molar-refractivity contribution in [3.05, 3.63) is 36.8 Å². The summed E-state index contributed by atoms with van der Waals surface area (Å²) >= 11 is 0. The Morgan fingerprint density at radius 3 is 2.67 bits per heavy atom. The molecular formula is C14H18N2O5. The second-order valence-corrected chi connectivity index (χ2v) is 4.44. The second kappa shape index (κ2) is 7.88. The van der Waals surface area contributed by atoms with E-state index in [0.29, 0.717) is 6.42 Å². The Balaban J connectivity index is 2.54. The zero-order chi connectivity index (χ0) is 15.8. The molecule has 1 aromatic rings. The van der Waals surface area contributed by atoms with E-state index in [1.807, 2.05) is 0 Å². The number of hydrogen-bond acceptors (Lipinski definition) is 4. The van der Waals surface area contributed by atoms with Crippen LogP contribution in [-0.4, -0.2) is 35.0 Å². The molecule has 7 nitrogen and oxygen atoms in total. The van der Waals surface area contributed by atoms with Gasteiger partial charge in [0.15, 0.2) is 5.76 Å². The van der Waals surface area contributed by atoms with E-state index in [9.17, 15) is 14.4 Å². The summed E-state index contributed by atoms with van der Waals surface area (Å²) in [6.45, 7) is 4.96. The molecule has 0 saturated heterocycles. The number of carbonyl (C=O) groups excluding carboxylic acids is 2. The summed E-state index contributed by atoms with van der Waals surface area (Å²) in [7, 11) is 0. The Bertz CT molecular complexity index is 509. The van der Waals surface area contributed by atoms with Gasteiger partial charge in [0.05, 0.1) is 6.26 Å². The molecule has 2 atom stereocenters. The lowest BCUT2D eigenvalue weighted by Crippen LogP contribution is -2.50. The Hall–Kier alpha value is -2.57. The number of allylic oxidation sites excluding steroid dienone is 1. The molecule has 0 aromatic carbocycles. The van der Waals surface area contributed by atoms with Crippen LogP contribution in [0.15, 0.2) is 35.5 Å². The summed E-state index contributed by atoms with van der Waals surface area (Å²) in [4.78, 5) is 34.6. The minimum absolute atomic E-state index is 0.0797. The summed E-state index contributed by atoms with van der Waals surface area (Å²) in [6.07, 6.45) is 3.62. The maximum Gasteiger partial charge on any atom is 0.326 e. The number of furan rings is 1. The van der Waals surface area contributed by atoms with Crippen LogP contribution >= 0.6 is 0 Å². The molecule has 1 heterocycles. The van der Waals surface area contributed by atoms with Crippen LogP contribution in [0.5, 0.6) is 0 Å². The molecule has 3 N–H and O–H groups in total. The first-order chi connectivity index (χ1) is 9.95. The van der Waals surface area contributed by atoms with Gasteiger partial charge < -0.3 is 20.2 Å². The average Bonchev–Trinajstić information content (AvgIpc) is 2.96. The number of carboxylic acids is 1. The Labute approximate surface area is 122 Å². The Morgan fingerprint density at radius 1 is 1.43 bits per heavy atom. The molecule has 21 heavy (non-hydrogen) atoms. The largest absolute Gasteiger partial charge is 0.480 e. The maximum absolute atomic E-state index is 11.9. The van der Waals surface area contributed by atoms with Crippen LogP contribution in [0.4, 0.5) is 0 Å². The predicted octanol–water partition coefficient (Wildman–Crippen LogP) is 0.933. The van der Waals surface area contributed by atoms with E-state index in [0.717, 1.165) is 0 Å². The number of hydrogen-bond donors (Lipinski definition) is 3. The quantitative estimate of drug-likeness (QED) is 0.618. The Morgan fingerprint density at radius 2 is 2.14 bits per heavy atom. The molecule has 0 aliphatic heterocycles. The molecule has 0 bridgehead atoms. The standard InChI is InChI=1S/C14H18N2O5/c1-3-4-6-10(14(19)20)16-12(17)9(2)15-13(18)11-7-5-8-21-11/h3,5,7-10H,1,4,6H2,2H3,(H,15,18)(H,16,17)(H,19,20). The molecule has 1 rings (SSSR count). The first-order valence-corrected chi connectivity index (χ1v) is 6.44. The van der Waals surface area contributed by atoms with Crippen molar-refractivity contribution < 1.29 is 23.9 Å². The summed E-state index contributed by atoms with van der Waals surface area (Å²) in [5.41, 5.74) is 0. The predicted molar refractivity (Wildman–Crippen MR) is 74.6 cm³/mol. The molecule has 7 heteroatoms. The number of carbonyl (C=O) groups is 3. The summed E-state index contributed by atoms with van der Waals surface area (Å²) in [5, 5.41) is 13.8. The fraction of sp³-hybridized carbons (Fsp3) is 0.357. The van der Waals surface area contributed by atoms with Gasteiger partial charge in [0.25, 0.3) is 5.91 Å². The van der Waals surface area contributed by atoms with Crippen LogP contribution < -0.4 is 10.6 Å². The third kappa shape index (κ3) is 5.13. The van der Waals surface area contributed by atoms with Crippen LogP contribution in [0, 0.1) is 0 Å². The second-order valence-electron chi connectivity index (χ2n) is 4.44. The molecular weight excluding hydrogens is 276 g/mol. The van der Waals surface area contributed by atoms with Gasteiger partial charge in [-0.1, -0.05) is 6.08 Å². The van der Waals surface area contributed by atoms with E-state index >= 15 is 0 Å². The summed E-state index contributed by atoms with van der Waals surface area (Å²) < 4.78 is 4.90. The fourth-order valence-corrected chi connectivity index (χ4v) is 1.58. The smallest absolute Gasteiger partial charge is 0.326 e. The van der Waals surface area contributed by atoms with Crippen LogP contribution in [0.2, 0.25) is 0 Å². The van der Waals surface area contributed by atoms with Gasteiger partial charge in [-0.25, -0.2) is 4.79 Å². The first kappa shape index (κ1) is 16.5. The van der Waals surface area contributed by atoms with Crippen LogP contribution in [0.25, 0.3) is 0 Å². The molecule has 2 amide bonds. The summed E-state index contributed by atoms with van der Waals surface area (Å²) in [6, 6.07) is 1.12. The van der Waals surface area contributed by atoms with Crippen molar-refractivity contribution in [2.45, 2.75) is 31.8 Å². The van der Waals surface area contributed by atoms with E-state index in [4.69, 9.17) is 9.52 Å². The van der Waals surface area contributed by atoms with Crippen molar-refractivity contribution in [3.63, 3.8) is 0 Å². The third-order valence-electron chi connectivity index (χ3n) is 2.76. The molecule has 0 radical (unpaired) electrons. The molecule has 114 valence electrons. The van der Waals surface area contributed by atoms with Gasteiger partial charge >= 0.3 is 5.97 Å². The third-order valence-corrected chi connectivity index (χ3v) is 2.76. The van der Waals surface area contributed by atoms with E-state index in [1.165, 1.54) is 19.3 Å². The van der Waals surface area contributed by atoms with Crippen LogP contribution in [0.1, 0.15) is 30.3 Å². The number of carboxylic acid groups (broad SMARTS) is 1. The number of amides is 2. The van der Waals surface area contributed by atoms with Gasteiger partial charge in [0.2, 0.25) is 5.91 Å². The van der Waals surface area contributed by atoms with Crippen molar-refractivity contribution in [1.82, 2.24) is 10.6 Å². The fourth-order valence-electron chi connectivity index (χ4n) is 1.58. The topological polar surface area (TPSA) is 109 Å². The number of aliphatic carboxylic acids is 1. The SMILES string of the molecule is C=CCCC(NC(=O)C(C)NC(=O)c1ccco1)C(=O)O. The lowest BCUT2D eigenvalue weighted by molar-refractivity contribution is -0.142. The number of rotatable bonds is 8. The normalized spacial score (nSPS) is 13.0. The van der Waals surface area contributed by atoms with Gasteiger partial charge in [-0.3, -0.25) is 9.59 Å². The zero-order valence-electron chi connectivity index (χ0n) is 11.7. The highest BCUT2D eigenvalue weighted by atomic mass is 16.4. The molecule has 2 unspecified atom stereocenters. The van der Waals surface area contributed by atoms with E-state index in [-0.39, 0.29) is 12.2 Å². The van der Waals surface area contributed by atoms with Gasteiger partial charge in [-0.05, 0) is 31.9 Å². The first-order valence-electron chi connectivity index (χ1n) is 6.44. The monoisotopic (exact) mass is 294 g/mol. The van der Waals surface area contributed by atoms with Gasteiger partial charge in [0, 0.05) is 0 Å². The summed E-state index contributed by atoms with van der Waals surface area (Å²) in [5.74, 6) is -2.17. The highest BCUT2D eigenvalue weighted by Gasteiger charge is 2.24. The van der Waals surface area contributed by atoms with Crippen molar-refractivity contribution in [2.75, 3.05) is 0 Å². The highest BCUT2D eigenvalue weighted by Crippen LogP contribution is 2.02. The lowest BCUT2D eigenvalue weighted by atomic mass is 10.1. The van der Waals surface area contributed by atoms with Crippen molar-refractivity contribution in [3.8, 4) is 0 Å². The molecule has 1 aromatic heterocycles. The average molecular weight is 294 g/mol. The van der Waals surface area contributed by atoms with Gasteiger partial charge in [0.1, 0.15) is 12.1 Å². The lowest BCUT2D eigenvalue weighted by Gasteiger charge is -2.18. The van der Waals surface area contributed by atoms with Gasteiger partial charge in [-0.15, -0.1) is 6.58 Å². The molecule has 0 aliphatic carbocycles. The molecule has 0 saturated carbocycles.